The summed E-state index contributed by atoms with van der Waals surface area (Å²) in [5, 5.41) is 4.86. The molecule has 0 spiro atoms. The summed E-state index contributed by atoms with van der Waals surface area (Å²) in [4.78, 5) is 27.7. The fourth-order valence-electron chi connectivity index (χ4n) is 2.91. The first-order valence-corrected chi connectivity index (χ1v) is 9.65. The van der Waals surface area contributed by atoms with E-state index >= 15 is 0 Å². The smallest absolute Gasteiger partial charge is 0.265 e. The first-order valence-electron chi connectivity index (χ1n) is 8.77. The number of fused-ring (bicyclic) bond motifs is 1. The molecule has 0 bridgehead atoms. The maximum Gasteiger partial charge on any atom is 0.265 e. The van der Waals surface area contributed by atoms with E-state index in [-0.39, 0.29) is 11.8 Å². The number of aryl methyl sites for hydroxylation is 1. The molecule has 0 saturated carbocycles. The largest absolute Gasteiger partial charge is 0.490 e. The highest BCUT2D eigenvalue weighted by atomic mass is 32.1. The Morgan fingerprint density at radius 2 is 2.12 bits per heavy atom. The van der Waals surface area contributed by atoms with Crippen LogP contribution in [-0.2, 0) is 4.79 Å². The van der Waals surface area contributed by atoms with Crippen molar-refractivity contribution in [3.63, 3.8) is 0 Å². The van der Waals surface area contributed by atoms with E-state index < -0.39 is 5.41 Å². The highest BCUT2D eigenvalue weighted by molar-refractivity contribution is 7.12. The number of nitrogens with zero attached hydrogens (tertiary/aromatic N) is 1. The molecule has 0 saturated heterocycles. The van der Waals surface area contributed by atoms with Gasteiger partial charge in [-0.1, -0.05) is 6.92 Å². The van der Waals surface area contributed by atoms with Gasteiger partial charge in [0.25, 0.3) is 5.91 Å². The summed E-state index contributed by atoms with van der Waals surface area (Å²) < 4.78 is 5.93. The second kappa shape index (κ2) is 7.11. The van der Waals surface area contributed by atoms with E-state index in [1.54, 1.807) is 11.0 Å². The first-order chi connectivity index (χ1) is 12.3. The Hall–Kier alpha value is -2.34. The molecule has 6 heteroatoms. The van der Waals surface area contributed by atoms with E-state index in [1.165, 1.54) is 11.3 Å². The zero-order chi connectivity index (χ0) is 18.9. The van der Waals surface area contributed by atoms with Crippen LogP contribution in [0, 0.1) is 12.3 Å². The molecule has 2 amide bonds. The van der Waals surface area contributed by atoms with Gasteiger partial charge in [-0.25, -0.2) is 0 Å². The van der Waals surface area contributed by atoms with Gasteiger partial charge < -0.3 is 15.0 Å². The Bertz CT molecular complexity index is 841. The van der Waals surface area contributed by atoms with Crippen LogP contribution in [0.1, 0.15) is 42.4 Å². The summed E-state index contributed by atoms with van der Waals surface area (Å²) in [7, 11) is 0. The molecule has 0 radical (unpaired) electrons. The van der Waals surface area contributed by atoms with Crippen LogP contribution < -0.4 is 15.0 Å². The van der Waals surface area contributed by atoms with Crippen LogP contribution in [0.3, 0.4) is 0 Å². The van der Waals surface area contributed by atoms with E-state index in [1.807, 2.05) is 51.3 Å². The molecule has 0 aliphatic carbocycles. The first kappa shape index (κ1) is 18.5. The highest BCUT2D eigenvalue weighted by Crippen LogP contribution is 2.38. The Labute approximate surface area is 158 Å². The van der Waals surface area contributed by atoms with Crippen molar-refractivity contribution >= 4 is 34.5 Å². The molecule has 2 heterocycles. The van der Waals surface area contributed by atoms with Gasteiger partial charge in [-0.2, -0.15) is 0 Å². The Kier molecular flexibility index (Phi) is 5.05. The molecule has 1 aliphatic heterocycles. The van der Waals surface area contributed by atoms with Gasteiger partial charge in [-0.15, -0.1) is 11.3 Å². The summed E-state index contributed by atoms with van der Waals surface area (Å²) in [6, 6.07) is 7.32. The zero-order valence-corrected chi connectivity index (χ0v) is 16.4. The van der Waals surface area contributed by atoms with Gasteiger partial charge in [0, 0.05) is 18.3 Å². The topological polar surface area (TPSA) is 58.6 Å². The van der Waals surface area contributed by atoms with E-state index in [9.17, 15) is 9.59 Å². The second-order valence-electron chi connectivity index (χ2n) is 7.25. The lowest BCUT2D eigenvalue weighted by molar-refractivity contribution is -0.127. The number of amides is 2. The van der Waals surface area contributed by atoms with Crippen LogP contribution in [0.15, 0.2) is 29.6 Å². The Morgan fingerprint density at radius 3 is 2.77 bits per heavy atom. The molecule has 3 rings (SSSR count). The lowest BCUT2D eigenvalue weighted by Gasteiger charge is -2.27. The van der Waals surface area contributed by atoms with E-state index in [0.29, 0.717) is 29.5 Å². The van der Waals surface area contributed by atoms with E-state index in [4.69, 9.17) is 4.74 Å². The number of anilines is 2. The monoisotopic (exact) mass is 372 g/mol. The highest BCUT2D eigenvalue weighted by Gasteiger charge is 2.37. The SMILES string of the molecule is CCCN1C(=O)C(C)(C)COc2cc(NC(=O)c3cc(C)cs3)ccc21. The van der Waals surface area contributed by atoms with Crippen LogP contribution in [0.5, 0.6) is 5.75 Å². The number of rotatable bonds is 4. The number of nitrogens with one attached hydrogen (secondary N) is 1. The van der Waals surface area contributed by atoms with Gasteiger partial charge in [0.2, 0.25) is 5.91 Å². The number of carbonyl (C=O) groups excluding carboxylic acids is 2. The minimum absolute atomic E-state index is 0.0592. The van der Waals surface area contributed by atoms with E-state index in [2.05, 4.69) is 5.32 Å². The lowest BCUT2D eigenvalue weighted by atomic mass is 9.93. The van der Waals surface area contributed by atoms with Crippen LogP contribution in [0.25, 0.3) is 0 Å². The van der Waals surface area contributed by atoms with Gasteiger partial charge >= 0.3 is 0 Å². The molecule has 0 fully saturated rings. The standard InChI is InChI=1S/C20H24N2O3S/c1-5-8-22-15-7-6-14(21-18(23)17-9-13(2)11-26-17)10-16(15)25-12-20(3,4)19(22)24/h6-7,9-11H,5,8,12H2,1-4H3,(H,21,23). The quantitative estimate of drug-likeness (QED) is 0.861. The van der Waals surface area contributed by atoms with Crippen LogP contribution in [0.2, 0.25) is 0 Å². The van der Waals surface area contributed by atoms with Crippen LogP contribution in [-0.4, -0.2) is 25.0 Å². The average Bonchev–Trinajstić information content (AvgIpc) is 3.01. The van der Waals surface area contributed by atoms with Crippen molar-refractivity contribution in [2.75, 3.05) is 23.4 Å². The summed E-state index contributed by atoms with van der Waals surface area (Å²) in [6.07, 6.45) is 0.859. The minimum Gasteiger partial charge on any atom is -0.490 e. The third-order valence-corrected chi connectivity index (χ3v) is 5.37. The van der Waals surface area contributed by atoms with Crippen molar-refractivity contribution in [2.45, 2.75) is 34.1 Å². The molecule has 138 valence electrons. The third-order valence-electron chi connectivity index (χ3n) is 4.32. The predicted molar refractivity (Wildman–Crippen MR) is 105 cm³/mol. The molecular weight excluding hydrogens is 348 g/mol. The number of carbonyl (C=O) groups is 2. The maximum atomic E-state index is 12.8. The van der Waals surface area contributed by atoms with Gasteiger partial charge in [0.05, 0.1) is 16.0 Å². The van der Waals surface area contributed by atoms with Crippen LogP contribution >= 0.6 is 11.3 Å². The number of ether oxygens (including phenoxy) is 1. The van der Waals surface area contributed by atoms with Crippen molar-refractivity contribution in [2.24, 2.45) is 5.41 Å². The molecule has 2 aromatic rings. The molecule has 0 atom stereocenters. The average molecular weight is 372 g/mol. The molecular formula is C20H24N2O3S. The molecule has 5 nitrogen and oxygen atoms in total. The van der Waals surface area contributed by atoms with Gasteiger partial charge in [0.1, 0.15) is 12.4 Å². The predicted octanol–water partition coefficient (Wildman–Crippen LogP) is 4.47. The van der Waals surface area contributed by atoms with Crippen LogP contribution in [0.4, 0.5) is 11.4 Å². The number of benzene rings is 1. The molecule has 1 aliphatic rings. The molecule has 1 N–H and O–H groups in total. The third kappa shape index (κ3) is 3.60. The summed E-state index contributed by atoms with van der Waals surface area (Å²) in [6.45, 7) is 8.74. The fraction of sp³-hybridized carbons (Fsp3) is 0.400. The molecule has 1 aromatic heterocycles. The van der Waals surface area contributed by atoms with Gasteiger partial charge in [-0.05, 0) is 56.3 Å². The number of hydrogen-bond donors (Lipinski definition) is 1. The second-order valence-corrected chi connectivity index (χ2v) is 8.17. The maximum absolute atomic E-state index is 12.8. The normalized spacial score (nSPS) is 15.8. The molecule has 1 aromatic carbocycles. The van der Waals surface area contributed by atoms with Crippen molar-refractivity contribution in [3.8, 4) is 5.75 Å². The Morgan fingerprint density at radius 1 is 1.35 bits per heavy atom. The van der Waals surface area contributed by atoms with Crippen molar-refractivity contribution in [1.82, 2.24) is 0 Å². The Balaban J connectivity index is 1.89. The van der Waals surface area contributed by atoms with Crippen molar-refractivity contribution < 1.29 is 14.3 Å². The zero-order valence-electron chi connectivity index (χ0n) is 15.6. The van der Waals surface area contributed by atoms with E-state index in [0.717, 1.165) is 17.7 Å². The van der Waals surface area contributed by atoms with Gasteiger partial charge in [-0.3, -0.25) is 9.59 Å². The summed E-state index contributed by atoms with van der Waals surface area (Å²) >= 11 is 1.42. The molecule has 26 heavy (non-hydrogen) atoms. The van der Waals surface area contributed by atoms with Crippen molar-refractivity contribution in [1.29, 1.82) is 0 Å². The minimum atomic E-state index is -0.591. The summed E-state index contributed by atoms with van der Waals surface area (Å²) in [5.74, 6) is 0.542. The number of thiophene rings is 1. The summed E-state index contributed by atoms with van der Waals surface area (Å²) in [5.41, 5.74) is 1.89. The number of hydrogen-bond acceptors (Lipinski definition) is 4. The molecule has 0 unspecified atom stereocenters. The lowest BCUT2D eigenvalue weighted by Crippen LogP contribution is -2.42. The van der Waals surface area contributed by atoms with Gasteiger partial charge in [0.15, 0.2) is 0 Å². The fourth-order valence-corrected chi connectivity index (χ4v) is 3.71. The van der Waals surface area contributed by atoms with Crippen molar-refractivity contribution in [3.05, 3.63) is 40.1 Å².